The Kier molecular flexibility index (Phi) is 7.62. The highest BCUT2D eigenvalue weighted by Gasteiger charge is 2.35. The molecule has 0 aromatic heterocycles. The summed E-state index contributed by atoms with van der Waals surface area (Å²) in [7, 11) is 0. The van der Waals surface area contributed by atoms with E-state index in [0.29, 0.717) is 18.9 Å². The smallest absolute Gasteiger partial charge is 0.328 e. The Hall–Kier alpha value is -2.51. The topological polar surface area (TPSA) is 75.7 Å². The van der Waals surface area contributed by atoms with Crippen LogP contribution in [0.15, 0.2) is 18.2 Å². The lowest BCUT2D eigenvalue weighted by Crippen LogP contribution is -2.47. The molecular weight excluding hydrogens is 406 g/mol. The molecule has 3 rings (SSSR count). The van der Waals surface area contributed by atoms with Gasteiger partial charge in [0.05, 0.1) is 6.61 Å². The lowest BCUT2D eigenvalue weighted by Gasteiger charge is -2.28. The summed E-state index contributed by atoms with van der Waals surface area (Å²) in [6.07, 6.45) is 3.95. The SMILES string of the molecule is CC(C)[C@H](NC(=O)C[C@@H]1CCC(=O)N1Cc1cccc(F)c1F)C(=O)OCC1CCC1. The van der Waals surface area contributed by atoms with Crippen LogP contribution in [0.2, 0.25) is 0 Å². The Balaban J connectivity index is 1.58. The number of hydrogen-bond acceptors (Lipinski definition) is 4. The molecule has 1 aromatic rings. The van der Waals surface area contributed by atoms with Gasteiger partial charge < -0.3 is 15.0 Å². The first-order valence-electron chi connectivity index (χ1n) is 10.9. The van der Waals surface area contributed by atoms with E-state index in [1.165, 1.54) is 17.0 Å². The van der Waals surface area contributed by atoms with Crippen molar-refractivity contribution in [1.29, 1.82) is 0 Å². The van der Waals surface area contributed by atoms with Crippen LogP contribution in [-0.2, 0) is 25.7 Å². The molecule has 1 N–H and O–H groups in total. The fraction of sp³-hybridized carbons (Fsp3) is 0.609. The van der Waals surface area contributed by atoms with E-state index in [0.717, 1.165) is 25.3 Å². The number of hydrogen-bond donors (Lipinski definition) is 1. The Bertz CT molecular complexity index is 826. The largest absolute Gasteiger partial charge is 0.464 e. The number of halogens is 2. The molecule has 0 bridgehead atoms. The van der Waals surface area contributed by atoms with Crippen LogP contribution in [0.25, 0.3) is 0 Å². The van der Waals surface area contributed by atoms with E-state index < -0.39 is 29.7 Å². The first-order chi connectivity index (χ1) is 14.8. The highest BCUT2D eigenvalue weighted by Crippen LogP contribution is 2.27. The van der Waals surface area contributed by atoms with Gasteiger partial charge in [-0.1, -0.05) is 32.4 Å². The summed E-state index contributed by atoms with van der Waals surface area (Å²) < 4.78 is 32.9. The summed E-state index contributed by atoms with van der Waals surface area (Å²) in [5.74, 6) is -2.73. The van der Waals surface area contributed by atoms with Gasteiger partial charge in [-0.25, -0.2) is 13.6 Å². The van der Waals surface area contributed by atoms with Gasteiger partial charge in [-0.2, -0.15) is 0 Å². The first kappa shape index (κ1) is 23.2. The maximum Gasteiger partial charge on any atom is 0.328 e. The third kappa shape index (κ3) is 5.80. The van der Waals surface area contributed by atoms with Gasteiger partial charge in [0.25, 0.3) is 0 Å². The maximum atomic E-state index is 14.0. The van der Waals surface area contributed by atoms with Crippen LogP contribution in [-0.4, -0.2) is 41.4 Å². The van der Waals surface area contributed by atoms with Crippen LogP contribution in [0.4, 0.5) is 8.78 Å². The van der Waals surface area contributed by atoms with Crippen LogP contribution in [0.3, 0.4) is 0 Å². The predicted molar refractivity (Wildman–Crippen MR) is 110 cm³/mol. The minimum absolute atomic E-state index is 0.0121. The van der Waals surface area contributed by atoms with Crippen LogP contribution < -0.4 is 5.32 Å². The van der Waals surface area contributed by atoms with Crippen molar-refractivity contribution in [2.75, 3.05) is 6.61 Å². The fourth-order valence-electron chi connectivity index (χ4n) is 3.97. The van der Waals surface area contributed by atoms with Crippen LogP contribution in [0.5, 0.6) is 0 Å². The van der Waals surface area contributed by atoms with Crippen molar-refractivity contribution in [3.8, 4) is 0 Å². The summed E-state index contributed by atoms with van der Waals surface area (Å²) in [6, 6.07) is 2.63. The predicted octanol–water partition coefficient (Wildman–Crippen LogP) is 3.33. The quantitative estimate of drug-likeness (QED) is 0.603. The number of nitrogens with one attached hydrogen (secondary N) is 1. The molecule has 1 aliphatic carbocycles. The molecule has 170 valence electrons. The molecule has 1 aliphatic heterocycles. The van der Waals surface area contributed by atoms with Crippen LogP contribution in [0, 0.1) is 23.5 Å². The third-order valence-electron chi connectivity index (χ3n) is 6.17. The fourth-order valence-corrected chi connectivity index (χ4v) is 3.97. The van der Waals surface area contributed by atoms with E-state index in [4.69, 9.17) is 4.74 Å². The molecule has 31 heavy (non-hydrogen) atoms. The van der Waals surface area contributed by atoms with E-state index in [9.17, 15) is 23.2 Å². The van der Waals surface area contributed by atoms with Gasteiger partial charge in [0.2, 0.25) is 11.8 Å². The molecule has 2 aliphatic rings. The maximum absolute atomic E-state index is 14.0. The molecular formula is C23H30F2N2O4. The average molecular weight is 436 g/mol. The molecule has 0 radical (unpaired) electrons. The van der Waals surface area contributed by atoms with Gasteiger partial charge in [0.15, 0.2) is 11.6 Å². The molecule has 2 fully saturated rings. The number of carbonyl (C=O) groups is 3. The summed E-state index contributed by atoms with van der Waals surface area (Å²) in [5, 5.41) is 2.74. The molecule has 0 spiro atoms. The van der Waals surface area contributed by atoms with E-state index in [2.05, 4.69) is 5.32 Å². The standard InChI is InChI=1S/C23H30F2N2O4/c1-14(2)22(23(30)31-13-15-5-3-6-15)26-19(28)11-17-9-10-20(29)27(17)12-16-7-4-8-18(24)21(16)25/h4,7-8,14-15,17,22H,3,5-6,9-13H2,1-2H3,(H,26,28)/t17-,22-/m0/s1. The van der Waals surface area contributed by atoms with E-state index in [1.807, 2.05) is 13.8 Å². The number of rotatable bonds is 9. The van der Waals surface area contributed by atoms with Crippen molar-refractivity contribution in [3.05, 3.63) is 35.4 Å². The number of carbonyl (C=O) groups excluding carboxylic acids is 3. The lowest BCUT2D eigenvalue weighted by atomic mass is 9.86. The van der Waals surface area contributed by atoms with Crippen molar-refractivity contribution in [3.63, 3.8) is 0 Å². The third-order valence-corrected chi connectivity index (χ3v) is 6.17. The highest BCUT2D eigenvalue weighted by molar-refractivity contribution is 5.86. The minimum atomic E-state index is -0.987. The second-order valence-corrected chi connectivity index (χ2v) is 8.85. The lowest BCUT2D eigenvalue weighted by molar-refractivity contribution is -0.151. The molecule has 2 atom stereocenters. The second-order valence-electron chi connectivity index (χ2n) is 8.85. The minimum Gasteiger partial charge on any atom is -0.464 e. The zero-order valence-corrected chi connectivity index (χ0v) is 18.0. The van der Waals surface area contributed by atoms with Crippen molar-refractivity contribution in [2.24, 2.45) is 11.8 Å². The zero-order valence-electron chi connectivity index (χ0n) is 18.0. The number of nitrogens with zero attached hydrogens (tertiary/aromatic N) is 1. The van der Waals surface area contributed by atoms with Gasteiger partial charge in [-0.05, 0) is 37.2 Å². The van der Waals surface area contributed by atoms with Gasteiger partial charge in [-0.3, -0.25) is 9.59 Å². The summed E-state index contributed by atoms with van der Waals surface area (Å²) in [4.78, 5) is 38.8. The van der Waals surface area contributed by atoms with Crippen molar-refractivity contribution in [1.82, 2.24) is 10.2 Å². The Morgan fingerprint density at radius 3 is 2.61 bits per heavy atom. The monoisotopic (exact) mass is 436 g/mol. The van der Waals surface area contributed by atoms with Crippen molar-refractivity contribution in [2.45, 2.75) is 71.0 Å². The number of ether oxygens (including phenoxy) is 1. The molecule has 1 saturated carbocycles. The molecule has 2 amide bonds. The first-order valence-corrected chi connectivity index (χ1v) is 10.9. The molecule has 1 heterocycles. The summed E-state index contributed by atoms with van der Waals surface area (Å²) in [5.41, 5.74) is 0.0697. The van der Waals surface area contributed by atoms with E-state index in [1.54, 1.807) is 0 Å². The van der Waals surface area contributed by atoms with E-state index in [-0.39, 0.29) is 42.7 Å². The van der Waals surface area contributed by atoms with Crippen LogP contribution >= 0.6 is 0 Å². The normalized spacial score (nSPS) is 20.0. The Morgan fingerprint density at radius 1 is 1.23 bits per heavy atom. The van der Waals surface area contributed by atoms with E-state index >= 15 is 0 Å². The molecule has 1 saturated heterocycles. The number of amides is 2. The Morgan fingerprint density at radius 2 is 1.97 bits per heavy atom. The number of likely N-dealkylation sites (tertiary alicyclic amines) is 1. The zero-order chi connectivity index (χ0) is 22.5. The van der Waals surface area contributed by atoms with Crippen LogP contribution in [0.1, 0.15) is 57.9 Å². The van der Waals surface area contributed by atoms with Gasteiger partial charge in [0.1, 0.15) is 6.04 Å². The molecule has 1 aromatic carbocycles. The van der Waals surface area contributed by atoms with Gasteiger partial charge in [0, 0.05) is 31.0 Å². The molecule has 6 nitrogen and oxygen atoms in total. The molecule has 0 unspecified atom stereocenters. The summed E-state index contributed by atoms with van der Waals surface area (Å²) >= 11 is 0. The van der Waals surface area contributed by atoms with Gasteiger partial charge >= 0.3 is 5.97 Å². The van der Waals surface area contributed by atoms with Crippen molar-refractivity contribution >= 4 is 17.8 Å². The average Bonchev–Trinajstić information content (AvgIpc) is 3.01. The number of esters is 1. The summed E-state index contributed by atoms with van der Waals surface area (Å²) in [6.45, 7) is 3.93. The second kappa shape index (κ2) is 10.2. The highest BCUT2D eigenvalue weighted by atomic mass is 19.2. The number of benzene rings is 1. The van der Waals surface area contributed by atoms with Gasteiger partial charge in [-0.15, -0.1) is 0 Å². The molecule has 8 heteroatoms. The Labute approximate surface area is 181 Å². The van der Waals surface area contributed by atoms with Crippen molar-refractivity contribution < 1.29 is 27.9 Å².